The van der Waals surface area contributed by atoms with Crippen LogP contribution in [0.4, 0.5) is 0 Å². The van der Waals surface area contributed by atoms with Gasteiger partial charge in [0.25, 0.3) is 0 Å². The molecule has 1 saturated carbocycles. The normalized spacial score (nSPS) is 20.9. The Labute approximate surface area is 121 Å². The second-order valence-corrected chi connectivity index (χ2v) is 5.95. The third kappa shape index (κ3) is 3.33. The Bertz CT molecular complexity index is 443. The minimum Gasteiger partial charge on any atom is -0.467 e. The SMILES string of the molecule is CCCNC1CCc2c(OCOCC3CC3)cccc21. The number of hydrogen-bond donors (Lipinski definition) is 1. The summed E-state index contributed by atoms with van der Waals surface area (Å²) in [6, 6.07) is 6.90. The molecule has 1 N–H and O–H groups in total. The summed E-state index contributed by atoms with van der Waals surface area (Å²) in [5, 5.41) is 3.62. The molecule has 1 unspecified atom stereocenters. The van der Waals surface area contributed by atoms with Gasteiger partial charge in [-0.2, -0.15) is 0 Å². The smallest absolute Gasteiger partial charge is 0.189 e. The van der Waals surface area contributed by atoms with E-state index >= 15 is 0 Å². The molecule has 2 aliphatic carbocycles. The van der Waals surface area contributed by atoms with Crippen LogP contribution < -0.4 is 10.1 Å². The molecule has 0 aliphatic heterocycles. The van der Waals surface area contributed by atoms with Crippen molar-refractivity contribution < 1.29 is 9.47 Å². The van der Waals surface area contributed by atoms with E-state index in [0.717, 1.165) is 31.2 Å². The number of ether oxygens (including phenoxy) is 2. The highest BCUT2D eigenvalue weighted by molar-refractivity contribution is 5.45. The van der Waals surface area contributed by atoms with Crippen molar-refractivity contribution in [3.05, 3.63) is 29.3 Å². The molecule has 0 radical (unpaired) electrons. The van der Waals surface area contributed by atoms with Crippen LogP contribution in [0.2, 0.25) is 0 Å². The molecule has 1 atom stereocenters. The highest BCUT2D eigenvalue weighted by Gasteiger charge is 2.25. The van der Waals surface area contributed by atoms with Gasteiger partial charge in [-0.15, -0.1) is 0 Å². The van der Waals surface area contributed by atoms with E-state index in [0.29, 0.717) is 12.8 Å². The summed E-state index contributed by atoms with van der Waals surface area (Å²) in [5.74, 6) is 1.81. The zero-order valence-corrected chi connectivity index (χ0v) is 12.4. The topological polar surface area (TPSA) is 30.5 Å². The molecule has 0 aromatic heterocycles. The summed E-state index contributed by atoms with van der Waals surface area (Å²) in [6.07, 6.45) is 6.11. The molecule has 1 aromatic rings. The first-order chi connectivity index (χ1) is 9.88. The average Bonchev–Trinajstić information content (AvgIpc) is 3.20. The predicted molar refractivity (Wildman–Crippen MR) is 80.0 cm³/mol. The van der Waals surface area contributed by atoms with Gasteiger partial charge in [-0.1, -0.05) is 19.1 Å². The molecule has 3 heteroatoms. The summed E-state index contributed by atoms with van der Waals surface area (Å²) < 4.78 is 11.4. The quantitative estimate of drug-likeness (QED) is 0.582. The molecule has 2 aliphatic rings. The summed E-state index contributed by atoms with van der Waals surface area (Å²) in [6.45, 7) is 4.54. The average molecular weight is 275 g/mol. The molecule has 0 bridgehead atoms. The van der Waals surface area contributed by atoms with Crippen molar-refractivity contribution >= 4 is 0 Å². The highest BCUT2D eigenvalue weighted by atomic mass is 16.7. The Morgan fingerprint density at radius 2 is 2.15 bits per heavy atom. The van der Waals surface area contributed by atoms with Gasteiger partial charge in [-0.25, -0.2) is 0 Å². The van der Waals surface area contributed by atoms with Crippen LogP contribution in [0.5, 0.6) is 5.75 Å². The fourth-order valence-corrected chi connectivity index (χ4v) is 2.89. The summed E-state index contributed by atoms with van der Waals surface area (Å²) in [7, 11) is 0. The maximum atomic E-state index is 5.83. The molecule has 3 rings (SSSR count). The molecule has 0 amide bonds. The molecule has 3 nitrogen and oxygen atoms in total. The Morgan fingerprint density at radius 3 is 2.95 bits per heavy atom. The van der Waals surface area contributed by atoms with Gasteiger partial charge in [0.05, 0.1) is 6.61 Å². The van der Waals surface area contributed by atoms with E-state index in [2.05, 4.69) is 30.4 Å². The molecule has 20 heavy (non-hydrogen) atoms. The van der Waals surface area contributed by atoms with E-state index in [4.69, 9.17) is 9.47 Å². The van der Waals surface area contributed by atoms with Gasteiger partial charge < -0.3 is 14.8 Å². The third-order valence-electron chi connectivity index (χ3n) is 4.22. The van der Waals surface area contributed by atoms with Crippen LogP contribution in [-0.2, 0) is 11.2 Å². The lowest BCUT2D eigenvalue weighted by Crippen LogP contribution is -2.19. The minimum atomic E-state index is 0.389. The lowest BCUT2D eigenvalue weighted by molar-refractivity contribution is 0.00951. The first kappa shape index (κ1) is 13.9. The number of fused-ring (bicyclic) bond motifs is 1. The van der Waals surface area contributed by atoms with Crippen molar-refractivity contribution in [2.45, 2.75) is 45.1 Å². The Morgan fingerprint density at radius 1 is 1.25 bits per heavy atom. The predicted octanol–water partition coefficient (Wildman–Crippen LogP) is 3.44. The van der Waals surface area contributed by atoms with Crippen molar-refractivity contribution in [3.63, 3.8) is 0 Å². The fourth-order valence-electron chi connectivity index (χ4n) is 2.89. The number of hydrogen-bond acceptors (Lipinski definition) is 3. The number of rotatable bonds is 8. The van der Waals surface area contributed by atoms with Gasteiger partial charge in [-0.3, -0.25) is 0 Å². The van der Waals surface area contributed by atoms with Gasteiger partial charge >= 0.3 is 0 Å². The van der Waals surface area contributed by atoms with Gasteiger partial charge in [0, 0.05) is 6.04 Å². The lowest BCUT2D eigenvalue weighted by atomic mass is 10.1. The molecular formula is C17H25NO2. The zero-order chi connectivity index (χ0) is 13.8. The molecular weight excluding hydrogens is 250 g/mol. The van der Waals surface area contributed by atoms with Crippen LogP contribution >= 0.6 is 0 Å². The molecule has 0 spiro atoms. The Kier molecular flexibility index (Phi) is 4.58. The maximum Gasteiger partial charge on any atom is 0.189 e. The van der Waals surface area contributed by atoms with Crippen LogP contribution in [0.1, 0.15) is 49.8 Å². The minimum absolute atomic E-state index is 0.389. The first-order valence-electron chi connectivity index (χ1n) is 7.94. The van der Waals surface area contributed by atoms with Crippen LogP contribution in [0.15, 0.2) is 18.2 Å². The Balaban J connectivity index is 1.56. The van der Waals surface area contributed by atoms with Crippen LogP contribution in [0, 0.1) is 5.92 Å². The number of benzene rings is 1. The van der Waals surface area contributed by atoms with E-state index in [9.17, 15) is 0 Å². The monoisotopic (exact) mass is 275 g/mol. The van der Waals surface area contributed by atoms with Gasteiger partial charge in [0.15, 0.2) is 6.79 Å². The van der Waals surface area contributed by atoms with E-state index in [-0.39, 0.29) is 0 Å². The van der Waals surface area contributed by atoms with Gasteiger partial charge in [-0.05, 0) is 61.8 Å². The van der Waals surface area contributed by atoms with E-state index < -0.39 is 0 Å². The largest absolute Gasteiger partial charge is 0.467 e. The third-order valence-corrected chi connectivity index (χ3v) is 4.22. The van der Waals surface area contributed by atoms with Crippen LogP contribution in [-0.4, -0.2) is 19.9 Å². The molecule has 0 saturated heterocycles. The number of nitrogens with one attached hydrogen (secondary N) is 1. The summed E-state index contributed by atoms with van der Waals surface area (Å²) in [5.41, 5.74) is 2.79. The highest BCUT2D eigenvalue weighted by Crippen LogP contribution is 2.37. The summed E-state index contributed by atoms with van der Waals surface area (Å²) in [4.78, 5) is 0. The van der Waals surface area contributed by atoms with Gasteiger partial charge in [0.2, 0.25) is 0 Å². The van der Waals surface area contributed by atoms with Crippen LogP contribution in [0.25, 0.3) is 0 Å². The van der Waals surface area contributed by atoms with Crippen molar-refractivity contribution in [1.29, 1.82) is 0 Å². The zero-order valence-electron chi connectivity index (χ0n) is 12.4. The van der Waals surface area contributed by atoms with Crippen molar-refractivity contribution in [2.24, 2.45) is 5.92 Å². The molecule has 1 aromatic carbocycles. The second kappa shape index (κ2) is 6.59. The van der Waals surface area contributed by atoms with E-state index in [1.54, 1.807) is 0 Å². The van der Waals surface area contributed by atoms with Crippen LogP contribution in [0.3, 0.4) is 0 Å². The maximum absolute atomic E-state index is 5.83. The second-order valence-electron chi connectivity index (χ2n) is 5.95. The summed E-state index contributed by atoms with van der Waals surface area (Å²) >= 11 is 0. The lowest BCUT2D eigenvalue weighted by Gasteiger charge is -2.15. The van der Waals surface area contributed by atoms with Crippen molar-refractivity contribution in [1.82, 2.24) is 5.32 Å². The van der Waals surface area contributed by atoms with Crippen molar-refractivity contribution in [2.75, 3.05) is 19.9 Å². The van der Waals surface area contributed by atoms with Gasteiger partial charge in [0.1, 0.15) is 5.75 Å². The fraction of sp³-hybridized carbons (Fsp3) is 0.647. The first-order valence-corrected chi connectivity index (χ1v) is 7.94. The van der Waals surface area contributed by atoms with E-state index in [1.165, 1.54) is 36.8 Å². The van der Waals surface area contributed by atoms with E-state index in [1.807, 2.05) is 0 Å². The standard InChI is InChI=1S/C17H25NO2/c1-2-10-18-16-9-8-15-14(16)4-3-5-17(15)20-12-19-11-13-6-7-13/h3-5,13,16,18H,2,6-12H2,1H3. The molecule has 110 valence electrons. The van der Waals surface area contributed by atoms with Crippen molar-refractivity contribution in [3.8, 4) is 5.75 Å². The molecule has 0 heterocycles. The molecule has 1 fully saturated rings. The Hall–Kier alpha value is -1.06.